The highest BCUT2D eigenvalue weighted by molar-refractivity contribution is 5.82. The number of hydrogen-bond acceptors (Lipinski definition) is 6. The first-order chi connectivity index (χ1) is 11.0. The molecule has 23 heavy (non-hydrogen) atoms. The third-order valence-corrected chi connectivity index (χ3v) is 3.21. The first-order valence-electron chi connectivity index (χ1n) is 6.82. The molecule has 0 atom stereocenters. The Morgan fingerprint density at radius 2 is 1.87 bits per heavy atom. The summed E-state index contributed by atoms with van der Waals surface area (Å²) in [6.07, 6.45) is 2.39. The van der Waals surface area contributed by atoms with Crippen molar-refractivity contribution in [1.29, 1.82) is 0 Å². The van der Waals surface area contributed by atoms with Crippen LogP contribution in [0.5, 0.6) is 0 Å². The zero-order valence-corrected chi connectivity index (χ0v) is 12.3. The molecule has 0 bridgehead atoms. The molecule has 0 spiro atoms. The van der Waals surface area contributed by atoms with E-state index >= 15 is 0 Å². The van der Waals surface area contributed by atoms with Gasteiger partial charge in [0.2, 0.25) is 0 Å². The topological polar surface area (TPSA) is 111 Å². The average molecular weight is 314 g/mol. The maximum atomic E-state index is 11.0. The molecule has 2 rings (SSSR count). The van der Waals surface area contributed by atoms with Crippen molar-refractivity contribution in [3.8, 4) is 0 Å². The fourth-order valence-corrected chi connectivity index (χ4v) is 2.03. The SMILES string of the molecule is CCc1ccccc1/C=N/Nc1ccc([N+](=O)[O-])cc1[N+](=O)[O-]. The molecule has 0 heterocycles. The van der Waals surface area contributed by atoms with Crippen LogP contribution in [0.4, 0.5) is 17.1 Å². The molecule has 0 saturated heterocycles. The minimum atomic E-state index is -0.690. The van der Waals surface area contributed by atoms with Crippen LogP contribution >= 0.6 is 0 Å². The summed E-state index contributed by atoms with van der Waals surface area (Å²) in [5, 5.41) is 25.7. The first-order valence-corrected chi connectivity index (χ1v) is 6.82. The summed E-state index contributed by atoms with van der Waals surface area (Å²) >= 11 is 0. The van der Waals surface area contributed by atoms with Crippen molar-refractivity contribution in [2.45, 2.75) is 13.3 Å². The van der Waals surface area contributed by atoms with Gasteiger partial charge in [-0.05, 0) is 23.6 Å². The summed E-state index contributed by atoms with van der Waals surface area (Å²) in [7, 11) is 0. The monoisotopic (exact) mass is 314 g/mol. The normalized spacial score (nSPS) is 10.7. The van der Waals surface area contributed by atoms with Gasteiger partial charge in [0.05, 0.1) is 22.1 Å². The van der Waals surface area contributed by atoms with E-state index in [0.717, 1.165) is 23.6 Å². The zero-order valence-electron chi connectivity index (χ0n) is 12.3. The molecule has 2 aromatic carbocycles. The van der Waals surface area contributed by atoms with Crippen LogP contribution in [0.15, 0.2) is 47.6 Å². The van der Waals surface area contributed by atoms with Gasteiger partial charge in [0, 0.05) is 6.07 Å². The number of hydrazone groups is 1. The lowest BCUT2D eigenvalue weighted by molar-refractivity contribution is -0.393. The molecule has 0 aliphatic heterocycles. The van der Waals surface area contributed by atoms with Crippen LogP contribution in [0.3, 0.4) is 0 Å². The van der Waals surface area contributed by atoms with E-state index in [1.54, 1.807) is 6.21 Å². The molecule has 0 fully saturated rings. The van der Waals surface area contributed by atoms with E-state index in [-0.39, 0.29) is 11.4 Å². The fourth-order valence-electron chi connectivity index (χ4n) is 2.03. The Morgan fingerprint density at radius 3 is 2.52 bits per heavy atom. The van der Waals surface area contributed by atoms with Crippen molar-refractivity contribution in [1.82, 2.24) is 0 Å². The molecule has 2 aromatic rings. The van der Waals surface area contributed by atoms with Crippen LogP contribution in [-0.4, -0.2) is 16.1 Å². The second-order valence-electron chi connectivity index (χ2n) is 4.64. The zero-order chi connectivity index (χ0) is 16.8. The van der Waals surface area contributed by atoms with Gasteiger partial charge in [0.15, 0.2) is 0 Å². The second kappa shape index (κ2) is 7.12. The first kappa shape index (κ1) is 16.1. The highest BCUT2D eigenvalue weighted by Gasteiger charge is 2.19. The summed E-state index contributed by atoms with van der Waals surface area (Å²) in [6, 6.07) is 11.0. The van der Waals surface area contributed by atoms with E-state index in [1.807, 2.05) is 31.2 Å². The molecular weight excluding hydrogens is 300 g/mol. The van der Waals surface area contributed by atoms with Gasteiger partial charge in [-0.25, -0.2) is 0 Å². The molecule has 0 radical (unpaired) electrons. The van der Waals surface area contributed by atoms with Crippen molar-refractivity contribution in [3.63, 3.8) is 0 Å². The number of anilines is 1. The van der Waals surface area contributed by atoms with Crippen LogP contribution < -0.4 is 5.43 Å². The Labute approximate surface area is 131 Å². The van der Waals surface area contributed by atoms with Crippen molar-refractivity contribution < 1.29 is 9.85 Å². The number of nitro benzene ring substituents is 2. The van der Waals surface area contributed by atoms with Crippen LogP contribution in [0.25, 0.3) is 0 Å². The number of nitrogens with zero attached hydrogens (tertiary/aromatic N) is 3. The molecule has 0 aromatic heterocycles. The van der Waals surface area contributed by atoms with Gasteiger partial charge in [-0.1, -0.05) is 31.2 Å². The number of aryl methyl sites for hydroxylation is 1. The van der Waals surface area contributed by atoms with Gasteiger partial charge in [-0.3, -0.25) is 25.7 Å². The van der Waals surface area contributed by atoms with E-state index in [2.05, 4.69) is 10.5 Å². The molecule has 0 unspecified atom stereocenters. The number of nitro groups is 2. The molecular formula is C15H14N4O4. The fraction of sp³-hybridized carbons (Fsp3) is 0.133. The van der Waals surface area contributed by atoms with Crippen LogP contribution in [-0.2, 0) is 6.42 Å². The molecule has 0 saturated carbocycles. The number of nitrogens with one attached hydrogen (secondary N) is 1. The number of non-ortho nitro benzene ring substituents is 1. The van der Waals surface area contributed by atoms with Gasteiger partial charge in [-0.2, -0.15) is 5.10 Å². The average Bonchev–Trinajstić information content (AvgIpc) is 2.55. The summed E-state index contributed by atoms with van der Waals surface area (Å²) < 4.78 is 0. The lowest BCUT2D eigenvalue weighted by atomic mass is 10.1. The van der Waals surface area contributed by atoms with Crippen molar-refractivity contribution >= 4 is 23.3 Å². The van der Waals surface area contributed by atoms with Gasteiger partial charge < -0.3 is 0 Å². The Kier molecular flexibility index (Phi) is 4.98. The van der Waals surface area contributed by atoms with Crippen LogP contribution in [0.2, 0.25) is 0 Å². The quantitative estimate of drug-likeness (QED) is 0.498. The minimum Gasteiger partial charge on any atom is -0.272 e. The van der Waals surface area contributed by atoms with Gasteiger partial charge >= 0.3 is 5.69 Å². The van der Waals surface area contributed by atoms with Gasteiger partial charge in [0.25, 0.3) is 5.69 Å². The van der Waals surface area contributed by atoms with Crippen LogP contribution in [0, 0.1) is 20.2 Å². The predicted octanol–water partition coefficient (Wildman–Crippen LogP) is 3.51. The summed E-state index contributed by atoms with van der Waals surface area (Å²) in [5.41, 5.74) is 3.90. The lowest BCUT2D eigenvalue weighted by Crippen LogP contribution is -1.99. The van der Waals surface area contributed by atoms with Crippen molar-refractivity contribution in [2.24, 2.45) is 5.10 Å². The molecule has 0 amide bonds. The van der Waals surface area contributed by atoms with Gasteiger partial charge in [-0.15, -0.1) is 0 Å². The Bertz CT molecular complexity index is 774. The third kappa shape index (κ3) is 3.88. The lowest BCUT2D eigenvalue weighted by Gasteiger charge is -2.03. The Balaban J connectivity index is 2.24. The van der Waals surface area contributed by atoms with Crippen molar-refractivity contribution in [2.75, 3.05) is 5.43 Å². The molecule has 8 heteroatoms. The number of hydrogen-bond donors (Lipinski definition) is 1. The highest BCUT2D eigenvalue weighted by atomic mass is 16.6. The van der Waals surface area contributed by atoms with Crippen LogP contribution in [0.1, 0.15) is 18.1 Å². The minimum absolute atomic E-state index is 0.0887. The summed E-state index contributed by atoms with van der Waals surface area (Å²) in [5.74, 6) is 0. The molecule has 0 aliphatic rings. The Hall–Kier alpha value is -3.29. The molecule has 8 nitrogen and oxygen atoms in total. The van der Waals surface area contributed by atoms with E-state index in [0.29, 0.717) is 0 Å². The molecule has 118 valence electrons. The molecule has 1 N–H and O–H groups in total. The van der Waals surface area contributed by atoms with Gasteiger partial charge in [0.1, 0.15) is 5.69 Å². The predicted molar refractivity (Wildman–Crippen MR) is 86.8 cm³/mol. The summed E-state index contributed by atoms with van der Waals surface area (Å²) in [4.78, 5) is 20.3. The van der Waals surface area contributed by atoms with E-state index in [9.17, 15) is 20.2 Å². The smallest absolute Gasteiger partial charge is 0.272 e. The number of benzene rings is 2. The maximum Gasteiger partial charge on any atom is 0.301 e. The maximum absolute atomic E-state index is 11.0. The highest BCUT2D eigenvalue weighted by Crippen LogP contribution is 2.28. The summed E-state index contributed by atoms with van der Waals surface area (Å²) in [6.45, 7) is 2.02. The third-order valence-electron chi connectivity index (χ3n) is 3.21. The largest absolute Gasteiger partial charge is 0.301 e. The standard InChI is InChI=1S/C15H14N4O4/c1-2-11-5-3-4-6-12(11)10-16-17-14-8-7-13(18(20)21)9-15(14)19(22)23/h3-10,17H,2H2,1H3/b16-10+. The van der Waals surface area contributed by atoms with Crippen molar-refractivity contribution in [3.05, 3.63) is 73.8 Å². The Morgan fingerprint density at radius 1 is 1.13 bits per heavy atom. The molecule has 0 aliphatic carbocycles. The van der Waals surface area contributed by atoms with E-state index < -0.39 is 15.5 Å². The van der Waals surface area contributed by atoms with E-state index in [1.165, 1.54) is 12.1 Å². The number of rotatable bonds is 6. The second-order valence-corrected chi connectivity index (χ2v) is 4.64. The van der Waals surface area contributed by atoms with E-state index in [4.69, 9.17) is 0 Å².